The molecule has 3 aromatic rings. The summed E-state index contributed by atoms with van der Waals surface area (Å²) in [6, 6.07) is 6.58. The fourth-order valence-electron chi connectivity index (χ4n) is 2.03. The zero-order valence-electron chi connectivity index (χ0n) is 11.9. The number of aliphatic carboxylic acids is 1. The number of carboxylic acids is 1. The maximum absolute atomic E-state index is 13.9. The molecule has 0 spiro atoms. The molecule has 0 amide bonds. The Bertz CT molecular complexity index is 882. The first-order valence-corrected chi connectivity index (χ1v) is 8.31. The molecule has 3 rings (SSSR count). The highest BCUT2D eigenvalue weighted by Gasteiger charge is 2.13. The van der Waals surface area contributed by atoms with Crippen LogP contribution in [0.15, 0.2) is 35.6 Å². The van der Waals surface area contributed by atoms with E-state index in [4.69, 9.17) is 9.84 Å². The van der Waals surface area contributed by atoms with Crippen LogP contribution in [0.1, 0.15) is 0 Å². The van der Waals surface area contributed by atoms with Crippen molar-refractivity contribution >= 4 is 39.3 Å². The molecule has 0 aliphatic carbocycles. The highest BCUT2D eigenvalue weighted by Crippen LogP contribution is 2.37. The Morgan fingerprint density at radius 3 is 2.91 bits per heavy atom. The lowest BCUT2D eigenvalue weighted by atomic mass is 10.2. The molecule has 0 saturated heterocycles. The number of thioether (sulfide) groups is 1. The van der Waals surface area contributed by atoms with Crippen LogP contribution in [0.4, 0.5) is 4.39 Å². The first-order valence-electron chi connectivity index (χ1n) is 6.51. The Morgan fingerprint density at radius 1 is 1.39 bits per heavy atom. The van der Waals surface area contributed by atoms with Crippen LogP contribution in [-0.4, -0.2) is 33.9 Å². The Balaban J connectivity index is 2.01. The van der Waals surface area contributed by atoms with Gasteiger partial charge in [0.2, 0.25) is 0 Å². The number of thiophene rings is 1. The van der Waals surface area contributed by atoms with Crippen LogP contribution >= 0.6 is 23.1 Å². The van der Waals surface area contributed by atoms with Crippen molar-refractivity contribution in [2.45, 2.75) is 5.03 Å². The van der Waals surface area contributed by atoms with E-state index < -0.39 is 11.8 Å². The number of hydrogen-bond acceptors (Lipinski definition) is 6. The first-order chi connectivity index (χ1) is 11.1. The Hall–Kier alpha value is -2.19. The van der Waals surface area contributed by atoms with Gasteiger partial charge in [-0.15, -0.1) is 11.3 Å². The highest BCUT2D eigenvalue weighted by atomic mass is 32.2. The largest absolute Gasteiger partial charge is 0.494 e. The fourth-order valence-corrected chi connectivity index (χ4v) is 3.94. The predicted molar refractivity (Wildman–Crippen MR) is 87.7 cm³/mol. The Morgan fingerprint density at radius 2 is 2.22 bits per heavy atom. The SMILES string of the molecule is COc1ccc(-c2cc3ncnc(SCC(=O)O)c3s2)cc1F. The van der Waals surface area contributed by atoms with Crippen LogP contribution in [-0.2, 0) is 4.79 Å². The number of fused-ring (bicyclic) bond motifs is 1. The summed E-state index contributed by atoms with van der Waals surface area (Å²) in [5, 5.41) is 9.41. The second kappa shape index (κ2) is 6.51. The number of carbonyl (C=O) groups is 1. The third-order valence-electron chi connectivity index (χ3n) is 3.05. The summed E-state index contributed by atoms with van der Waals surface area (Å²) < 4.78 is 19.6. The molecular formula is C15H11FN2O3S2. The summed E-state index contributed by atoms with van der Waals surface area (Å²) in [5.41, 5.74) is 1.42. The lowest BCUT2D eigenvalue weighted by molar-refractivity contribution is -0.133. The van der Waals surface area contributed by atoms with Crippen molar-refractivity contribution in [3.63, 3.8) is 0 Å². The maximum atomic E-state index is 13.9. The van der Waals surface area contributed by atoms with Crippen LogP contribution in [0.2, 0.25) is 0 Å². The zero-order valence-corrected chi connectivity index (χ0v) is 13.6. The third-order valence-corrected chi connectivity index (χ3v) is 5.33. The standard InChI is InChI=1S/C15H11FN2O3S2/c1-21-11-3-2-8(4-9(11)16)12-5-10-14(23-12)15(18-7-17-10)22-6-13(19)20/h2-5,7H,6H2,1H3,(H,19,20). The van der Waals surface area contributed by atoms with E-state index in [9.17, 15) is 9.18 Å². The summed E-state index contributed by atoms with van der Waals surface area (Å²) in [7, 11) is 1.42. The molecule has 0 saturated carbocycles. The lowest BCUT2D eigenvalue weighted by Crippen LogP contribution is -1.98. The minimum Gasteiger partial charge on any atom is -0.494 e. The van der Waals surface area contributed by atoms with Crippen molar-refractivity contribution in [2.24, 2.45) is 0 Å². The van der Waals surface area contributed by atoms with Crippen molar-refractivity contribution in [3.05, 3.63) is 36.4 Å². The minimum atomic E-state index is -0.907. The normalized spacial score (nSPS) is 10.9. The van der Waals surface area contributed by atoms with E-state index in [0.717, 1.165) is 21.3 Å². The van der Waals surface area contributed by atoms with Gasteiger partial charge in [0.15, 0.2) is 11.6 Å². The van der Waals surface area contributed by atoms with Crippen molar-refractivity contribution in [2.75, 3.05) is 12.9 Å². The topological polar surface area (TPSA) is 72.3 Å². The number of hydrogen-bond donors (Lipinski definition) is 1. The van der Waals surface area contributed by atoms with Crippen LogP contribution in [0.3, 0.4) is 0 Å². The van der Waals surface area contributed by atoms with Gasteiger partial charge in [-0.3, -0.25) is 4.79 Å². The van der Waals surface area contributed by atoms with Crippen LogP contribution in [0.5, 0.6) is 5.75 Å². The molecule has 23 heavy (non-hydrogen) atoms. The van der Waals surface area contributed by atoms with Crippen molar-refractivity contribution in [3.8, 4) is 16.2 Å². The second-order valence-corrected chi connectivity index (χ2v) is 6.55. The average molecular weight is 350 g/mol. The predicted octanol–water partition coefficient (Wildman–Crippen LogP) is 3.68. The van der Waals surface area contributed by atoms with Gasteiger partial charge in [-0.05, 0) is 29.8 Å². The minimum absolute atomic E-state index is 0.0729. The molecule has 0 fully saturated rings. The zero-order chi connectivity index (χ0) is 16.4. The van der Waals surface area contributed by atoms with Crippen molar-refractivity contribution in [1.29, 1.82) is 0 Å². The third kappa shape index (κ3) is 3.27. The molecule has 0 aliphatic heterocycles. The van der Waals surface area contributed by atoms with Gasteiger partial charge in [0.1, 0.15) is 11.4 Å². The molecule has 1 N–H and O–H groups in total. The summed E-state index contributed by atoms with van der Waals surface area (Å²) in [6.45, 7) is 0. The van der Waals surface area contributed by atoms with Gasteiger partial charge in [-0.1, -0.05) is 11.8 Å². The quantitative estimate of drug-likeness (QED) is 0.559. The van der Waals surface area contributed by atoms with E-state index in [1.165, 1.54) is 30.8 Å². The molecule has 0 atom stereocenters. The number of aromatic nitrogens is 2. The number of benzene rings is 1. The van der Waals surface area contributed by atoms with E-state index in [-0.39, 0.29) is 11.5 Å². The lowest BCUT2D eigenvalue weighted by Gasteiger charge is -2.03. The molecule has 0 bridgehead atoms. The van der Waals surface area contributed by atoms with Gasteiger partial charge >= 0.3 is 5.97 Å². The van der Waals surface area contributed by atoms with Gasteiger partial charge in [0, 0.05) is 4.88 Å². The van der Waals surface area contributed by atoms with Gasteiger partial charge < -0.3 is 9.84 Å². The number of halogens is 1. The van der Waals surface area contributed by atoms with Gasteiger partial charge in [0.25, 0.3) is 0 Å². The van der Waals surface area contributed by atoms with E-state index >= 15 is 0 Å². The molecule has 2 aromatic heterocycles. The number of methoxy groups -OCH3 is 1. The molecule has 5 nitrogen and oxygen atoms in total. The maximum Gasteiger partial charge on any atom is 0.313 e. The molecule has 0 aliphatic rings. The van der Waals surface area contributed by atoms with Crippen LogP contribution < -0.4 is 4.74 Å². The summed E-state index contributed by atoms with van der Waals surface area (Å²) in [6.07, 6.45) is 1.40. The second-order valence-electron chi connectivity index (χ2n) is 4.54. The van der Waals surface area contributed by atoms with Crippen LogP contribution in [0, 0.1) is 5.82 Å². The monoisotopic (exact) mass is 350 g/mol. The van der Waals surface area contributed by atoms with Crippen molar-refractivity contribution < 1.29 is 19.0 Å². The Kier molecular flexibility index (Phi) is 4.44. The smallest absolute Gasteiger partial charge is 0.313 e. The van der Waals surface area contributed by atoms with Gasteiger partial charge in [-0.2, -0.15) is 0 Å². The summed E-state index contributed by atoms with van der Waals surface area (Å²) >= 11 is 2.55. The molecule has 2 heterocycles. The van der Waals surface area contributed by atoms with E-state index in [0.29, 0.717) is 16.1 Å². The number of nitrogens with zero attached hydrogens (tertiary/aromatic N) is 2. The van der Waals surface area contributed by atoms with Gasteiger partial charge in [0.05, 0.1) is 23.1 Å². The van der Waals surface area contributed by atoms with E-state index in [2.05, 4.69) is 9.97 Å². The molecule has 8 heteroatoms. The van der Waals surface area contributed by atoms with E-state index in [1.807, 2.05) is 6.07 Å². The average Bonchev–Trinajstić information content (AvgIpc) is 2.97. The molecule has 0 radical (unpaired) electrons. The number of rotatable bonds is 5. The molecule has 118 valence electrons. The van der Waals surface area contributed by atoms with Crippen LogP contribution in [0.25, 0.3) is 20.7 Å². The summed E-state index contributed by atoms with van der Waals surface area (Å²) in [4.78, 5) is 19.9. The number of carboxylic acid groups (broad SMARTS) is 1. The molecular weight excluding hydrogens is 339 g/mol. The molecule has 0 unspecified atom stereocenters. The summed E-state index contributed by atoms with van der Waals surface area (Å²) in [5.74, 6) is -1.23. The van der Waals surface area contributed by atoms with Crippen molar-refractivity contribution in [1.82, 2.24) is 9.97 Å². The highest BCUT2D eigenvalue weighted by molar-refractivity contribution is 8.00. The Labute approximate surface area is 139 Å². The fraction of sp³-hybridized carbons (Fsp3) is 0.133. The molecule has 1 aromatic carbocycles. The van der Waals surface area contributed by atoms with Gasteiger partial charge in [-0.25, -0.2) is 14.4 Å². The number of ether oxygens (including phenoxy) is 1. The van der Waals surface area contributed by atoms with E-state index in [1.54, 1.807) is 12.1 Å². The first kappa shape index (κ1) is 15.7.